The van der Waals surface area contributed by atoms with Gasteiger partial charge in [0, 0.05) is 60.3 Å². The first-order chi connectivity index (χ1) is 19.9. The van der Waals surface area contributed by atoms with Crippen LogP contribution in [0.15, 0.2) is 90.1 Å². The van der Waals surface area contributed by atoms with Gasteiger partial charge in [0.15, 0.2) is 5.16 Å². The third-order valence-electron chi connectivity index (χ3n) is 7.13. The summed E-state index contributed by atoms with van der Waals surface area (Å²) in [6, 6.07) is 27.9. The van der Waals surface area contributed by atoms with Crippen molar-refractivity contribution in [1.29, 1.82) is 0 Å². The van der Waals surface area contributed by atoms with Crippen LogP contribution in [0.4, 0.5) is 11.5 Å². The van der Waals surface area contributed by atoms with Crippen molar-refractivity contribution in [3.05, 3.63) is 112 Å². The van der Waals surface area contributed by atoms with E-state index in [1.807, 2.05) is 67.6 Å². The number of piperazine rings is 1. The van der Waals surface area contributed by atoms with E-state index in [1.165, 1.54) is 23.0 Å². The van der Waals surface area contributed by atoms with Crippen molar-refractivity contribution in [2.45, 2.75) is 36.7 Å². The molecule has 1 amide bonds. The zero-order chi connectivity index (χ0) is 28.6. The normalized spacial score (nSPS) is 14.1. The van der Waals surface area contributed by atoms with Crippen LogP contribution < -0.4 is 15.1 Å². The Labute approximate surface area is 256 Å². The van der Waals surface area contributed by atoms with Gasteiger partial charge in [0.05, 0.1) is 0 Å². The molecule has 9 heteroatoms. The lowest BCUT2D eigenvalue weighted by atomic mass is 10.1. The molecule has 4 aromatic rings. The number of nitrogens with zero attached hydrogens (tertiary/aromatic N) is 4. The van der Waals surface area contributed by atoms with Gasteiger partial charge in [0.1, 0.15) is 11.0 Å². The minimum Gasteiger partial charge on any atom is -0.368 e. The highest BCUT2D eigenvalue weighted by molar-refractivity contribution is 7.98. The molecule has 0 bridgehead atoms. The van der Waals surface area contributed by atoms with E-state index < -0.39 is 0 Å². The predicted molar refractivity (Wildman–Crippen MR) is 171 cm³/mol. The van der Waals surface area contributed by atoms with Crippen LogP contribution in [0.3, 0.4) is 0 Å². The number of aromatic nitrogens is 2. The fourth-order valence-electron chi connectivity index (χ4n) is 4.77. The summed E-state index contributed by atoms with van der Waals surface area (Å²) in [6.07, 6.45) is 1.83. The number of anilines is 2. The van der Waals surface area contributed by atoms with Crippen LogP contribution in [0.25, 0.3) is 0 Å². The standard InChI is InChI=1S/C32H33Cl2N5OS/c1-23(7-8-24-5-3-2-4-6-24)35-31(40)26-11-9-25(10-12-26)22-41-32-36-29(34)21-30(37-32)39-19-17-38(18-20-39)28-15-13-27(33)14-16-28/h2-6,9-16,21,23H,7-8,17-20,22H2,1H3,(H,35,40). The maximum absolute atomic E-state index is 12.7. The van der Waals surface area contributed by atoms with Gasteiger partial charge in [-0.1, -0.05) is 77.4 Å². The SMILES string of the molecule is CC(CCc1ccccc1)NC(=O)c1ccc(CSc2nc(Cl)cc(N3CCN(c4ccc(Cl)cc4)CC3)n2)cc1. The van der Waals surface area contributed by atoms with Gasteiger partial charge >= 0.3 is 0 Å². The Hall–Kier alpha value is -3.26. The Morgan fingerprint density at radius 2 is 1.56 bits per heavy atom. The molecule has 41 heavy (non-hydrogen) atoms. The van der Waals surface area contributed by atoms with Gasteiger partial charge in [-0.15, -0.1) is 0 Å². The molecule has 1 aromatic heterocycles. The number of carbonyl (C=O) groups is 1. The first-order valence-corrected chi connectivity index (χ1v) is 15.5. The highest BCUT2D eigenvalue weighted by Gasteiger charge is 2.20. The Bertz CT molecular complexity index is 1430. The lowest BCUT2D eigenvalue weighted by molar-refractivity contribution is 0.0938. The molecule has 0 spiro atoms. The largest absolute Gasteiger partial charge is 0.368 e. The van der Waals surface area contributed by atoms with E-state index in [9.17, 15) is 4.79 Å². The molecule has 1 unspecified atom stereocenters. The number of aryl methyl sites for hydroxylation is 1. The smallest absolute Gasteiger partial charge is 0.251 e. The first-order valence-electron chi connectivity index (χ1n) is 13.8. The molecule has 1 N–H and O–H groups in total. The van der Waals surface area contributed by atoms with Gasteiger partial charge in [-0.3, -0.25) is 4.79 Å². The summed E-state index contributed by atoms with van der Waals surface area (Å²) in [4.78, 5) is 26.6. The molecule has 6 nitrogen and oxygen atoms in total. The van der Waals surface area contributed by atoms with Crippen LogP contribution in [0.5, 0.6) is 0 Å². The molecule has 5 rings (SSSR count). The van der Waals surface area contributed by atoms with Gasteiger partial charge in [-0.05, 0) is 67.3 Å². The zero-order valence-electron chi connectivity index (χ0n) is 23.0. The van der Waals surface area contributed by atoms with Crippen molar-refractivity contribution in [2.75, 3.05) is 36.0 Å². The fraction of sp³-hybridized carbons (Fsp3) is 0.281. The van der Waals surface area contributed by atoms with Crippen LogP contribution >= 0.6 is 35.0 Å². The van der Waals surface area contributed by atoms with E-state index in [0.717, 1.165) is 55.4 Å². The number of thioether (sulfide) groups is 1. The number of hydrogen-bond acceptors (Lipinski definition) is 6. The van der Waals surface area contributed by atoms with Gasteiger partial charge in [0.2, 0.25) is 0 Å². The Kier molecular flexibility index (Phi) is 10.0. The minimum atomic E-state index is -0.0521. The second kappa shape index (κ2) is 14.1. The summed E-state index contributed by atoms with van der Waals surface area (Å²) in [5.74, 6) is 1.47. The Morgan fingerprint density at radius 3 is 2.27 bits per heavy atom. The fourth-order valence-corrected chi connectivity index (χ4v) is 5.93. The lowest BCUT2D eigenvalue weighted by Crippen LogP contribution is -2.46. The molecule has 2 heterocycles. The van der Waals surface area contributed by atoms with Crippen LogP contribution in [0.1, 0.15) is 34.8 Å². The number of rotatable bonds is 10. The Morgan fingerprint density at radius 1 is 0.878 bits per heavy atom. The molecule has 212 valence electrons. The molecule has 3 aromatic carbocycles. The summed E-state index contributed by atoms with van der Waals surface area (Å²) in [5, 5.41) is 4.93. The molecule has 1 aliphatic rings. The van der Waals surface area contributed by atoms with E-state index >= 15 is 0 Å². The van der Waals surface area contributed by atoms with Crippen LogP contribution in [0.2, 0.25) is 10.2 Å². The van der Waals surface area contributed by atoms with Crippen molar-refractivity contribution in [1.82, 2.24) is 15.3 Å². The van der Waals surface area contributed by atoms with Gasteiger partial charge in [0.25, 0.3) is 5.91 Å². The molecular weight excluding hydrogens is 573 g/mol. The van der Waals surface area contributed by atoms with E-state index in [1.54, 1.807) is 0 Å². The number of amides is 1. The van der Waals surface area contributed by atoms with Crippen molar-refractivity contribution in [3.8, 4) is 0 Å². The van der Waals surface area contributed by atoms with Crippen LogP contribution in [-0.4, -0.2) is 48.1 Å². The molecule has 1 fully saturated rings. The highest BCUT2D eigenvalue weighted by Crippen LogP contribution is 2.26. The lowest BCUT2D eigenvalue weighted by Gasteiger charge is -2.36. The summed E-state index contributed by atoms with van der Waals surface area (Å²) in [5.41, 5.74) is 4.20. The van der Waals surface area contributed by atoms with Crippen molar-refractivity contribution >= 4 is 52.4 Å². The molecule has 1 saturated heterocycles. The number of benzene rings is 3. The second-order valence-corrected chi connectivity index (χ2v) is 11.9. The van der Waals surface area contributed by atoms with Crippen LogP contribution in [-0.2, 0) is 12.2 Å². The number of nitrogens with one attached hydrogen (secondary N) is 1. The maximum atomic E-state index is 12.7. The quantitative estimate of drug-likeness (QED) is 0.118. The molecular formula is C32H33Cl2N5OS. The second-order valence-electron chi connectivity index (χ2n) is 10.2. The summed E-state index contributed by atoms with van der Waals surface area (Å²) in [7, 11) is 0. The topological polar surface area (TPSA) is 61.4 Å². The zero-order valence-corrected chi connectivity index (χ0v) is 25.3. The molecule has 0 radical (unpaired) electrons. The minimum absolute atomic E-state index is 0.0521. The van der Waals surface area contributed by atoms with Crippen molar-refractivity contribution < 1.29 is 4.79 Å². The first kappa shape index (κ1) is 29.2. The van der Waals surface area contributed by atoms with E-state index in [0.29, 0.717) is 21.6 Å². The summed E-state index contributed by atoms with van der Waals surface area (Å²) < 4.78 is 0. The number of hydrogen-bond donors (Lipinski definition) is 1. The van der Waals surface area contributed by atoms with Gasteiger partial charge in [-0.25, -0.2) is 9.97 Å². The predicted octanol–water partition coefficient (Wildman–Crippen LogP) is 7.15. The average Bonchev–Trinajstić information content (AvgIpc) is 3.00. The molecule has 1 aliphatic heterocycles. The third kappa shape index (κ3) is 8.38. The van der Waals surface area contributed by atoms with Gasteiger partial charge in [-0.2, -0.15) is 0 Å². The van der Waals surface area contributed by atoms with E-state index in [-0.39, 0.29) is 11.9 Å². The summed E-state index contributed by atoms with van der Waals surface area (Å²) >= 11 is 14.0. The summed E-state index contributed by atoms with van der Waals surface area (Å²) in [6.45, 7) is 5.50. The third-order valence-corrected chi connectivity index (χ3v) is 8.49. The molecule has 1 atom stereocenters. The molecule has 0 saturated carbocycles. The Balaban J connectivity index is 1.11. The van der Waals surface area contributed by atoms with E-state index in [2.05, 4.69) is 44.4 Å². The average molecular weight is 607 g/mol. The van der Waals surface area contributed by atoms with Crippen molar-refractivity contribution in [2.24, 2.45) is 0 Å². The van der Waals surface area contributed by atoms with Crippen molar-refractivity contribution in [3.63, 3.8) is 0 Å². The van der Waals surface area contributed by atoms with Crippen LogP contribution in [0, 0.1) is 0 Å². The number of halogens is 2. The van der Waals surface area contributed by atoms with Gasteiger partial charge < -0.3 is 15.1 Å². The highest BCUT2D eigenvalue weighted by atomic mass is 35.5. The van der Waals surface area contributed by atoms with E-state index in [4.69, 9.17) is 28.2 Å². The maximum Gasteiger partial charge on any atom is 0.251 e. The monoisotopic (exact) mass is 605 g/mol. The number of carbonyl (C=O) groups excluding carboxylic acids is 1. The molecule has 0 aliphatic carbocycles.